The Balaban J connectivity index is 1.63. The van der Waals surface area contributed by atoms with E-state index in [1.54, 1.807) is 19.2 Å². The van der Waals surface area contributed by atoms with Crippen molar-refractivity contribution in [1.82, 2.24) is 4.57 Å². The number of ether oxygens (including phenoxy) is 2. The minimum absolute atomic E-state index is 0.0937. The molecular formula is C30H33NO4. The molecule has 2 heterocycles. The molecule has 182 valence electrons. The topological polar surface area (TPSA) is 57.5 Å². The van der Waals surface area contributed by atoms with Crippen LogP contribution >= 0.6 is 0 Å². The van der Waals surface area contributed by atoms with Crippen molar-refractivity contribution in [3.63, 3.8) is 0 Å². The number of rotatable bonds is 7. The molecule has 1 atom stereocenters. The fourth-order valence-electron chi connectivity index (χ4n) is 5.08. The van der Waals surface area contributed by atoms with Crippen LogP contribution in [0.5, 0.6) is 5.75 Å². The molecule has 2 aromatic carbocycles. The van der Waals surface area contributed by atoms with Gasteiger partial charge in [-0.1, -0.05) is 44.2 Å². The molecule has 1 aromatic heterocycles. The van der Waals surface area contributed by atoms with Crippen molar-refractivity contribution in [2.45, 2.75) is 65.0 Å². The van der Waals surface area contributed by atoms with Crippen molar-refractivity contribution >= 4 is 5.97 Å². The Kier molecular flexibility index (Phi) is 6.04. The number of hydrogen-bond acceptors (Lipinski definition) is 4. The molecule has 3 aromatic rings. The number of aromatic nitrogens is 1. The van der Waals surface area contributed by atoms with E-state index in [2.05, 4.69) is 49.6 Å². The molecule has 0 saturated heterocycles. The summed E-state index contributed by atoms with van der Waals surface area (Å²) in [6.45, 7) is 9.08. The zero-order valence-corrected chi connectivity index (χ0v) is 21.0. The third-order valence-corrected chi connectivity index (χ3v) is 7.65. The number of carbonyl (C=O) groups is 1. The summed E-state index contributed by atoms with van der Waals surface area (Å²) < 4.78 is 13.7. The summed E-state index contributed by atoms with van der Waals surface area (Å²) in [6.07, 6.45) is 4.80. The van der Waals surface area contributed by atoms with E-state index in [1.807, 2.05) is 18.2 Å². The fraction of sp³-hybridized carbons (Fsp3) is 0.400. The van der Waals surface area contributed by atoms with Crippen molar-refractivity contribution in [2.24, 2.45) is 5.92 Å². The van der Waals surface area contributed by atoms with Gasteiger partial charge in [-0.25, -0.2) is 4.79 Å². The van der Waals surface area contributed by atoms with Crippen LogP contribution in [0.15, 0.2) is 59.5 Å². The van der Waals surface area contributed by atoms with Gasteiger partial charge in [0.1, 0.15) is 17.9 Å². The van der Waals surface area contributed by atoms with Crippen LogP contribution in [-0.2, 0) is 23.3 Å². The number of hydrogen-bond donors (Lipinski definition) is 0. The van der Waals surface area contributed by atoms with Gasteiger partial charge in [0.15, 0.2) is 5.43 Å². The Morgan fingerprint density at radius 3 is 2.54 bits per heavy atom. The largest absolute Gasteiger partial charge is 0.489 e. The minimum atomic E-state index is -0.562. The highest BCUT2D eigenvalue weighted by Crippen LogP contribution is 2.49. The number of nitrogens with zero attached hydrogens (tertiary/aromatic N) is 1. The quantitative estimate of drug-likeness (QED) is 0.392. The molecule has 35 heavy (non-hydrogen) atoms. The molecule has 0 amide bonds. The van der Waals surface area contributed by atoms with E-state index in [9.17, 15) is 9.59 Å². The summed E-state index contributed by atoms with van der Waals surface area (Å²) >= 11 is 0. The van der Waals surface area contributed by atoms with Gasteiger partial charge in [-0.3, -0.25) is 4.79 Å². The highest BCUT2D eigenvalue weighted by atomic mass is 16.5. The third-order valence-electron chi connectivity index (χ3n) is 7.65. The Morgan fingerprint density at radius 1 is 1.14 bits per heavy atom. The number of benzene rings is 2. The monoisotopic (exact) mass is 471 g/mol. The van der Waals surface area contributed by atoms with Crippen LogP contribution in [0.4, 0.5) is 0 Å². The molecule has 0 radical (unpaired) electrons. The van der Waals surface area contributed by atoms with Gasteiger partial charge in [0.05, 0.1) is 12.3 Å². The van der Waals surface area contributed by atoms with Crippen molar-refractivity contribution in [2.75, 3.05) is 6.61 Å². The van der Waals surface area contributed by atoms with Gasteiger partial charge in [0.25, 0.3) is 0 Å². The van der Waals surface area contributed by atoms with Gasteiger partial charge >= 0.3 is 5.97 Å². The standard InChI is InChI=1S/C30H33NO4/c1-5-34-29(33)25-17-31-26(15-27(25)32)23-14-24(21-11-12-21)28(35-18-20-9-7-6-8-10-20)13-22(23)16-30(31,4)19(2)3/h6-10,13-15,17,19,21H,5,11-12,16,18H2,1-4H3. The molecule has 5 rings (SSSR count). The van der Waals surface area contributed by atoms with E-state index >= 15 is 0 Å². The Hall–Kier alpha value is -3.34. The number of fused-ring (bicyclic) bond motifs is 3. The van der Waals surface area contributed by atoms with Crippen LogP contribution in [0.2, 0.25) is 0 Å². The van der Waals surface area contributed by atoms with E-state index in [1.165, 1.54) is 11.1 Å². The first-order valence-electron chi connectivity index (χ1n) is 12.6. The zero-order valence-electron chi connectivity index (χ0n) is 21.0. The highest BCUT2D eigenvalue weighted by Gasteiger charge is 2.39. The fourth-order valence-corrected chi connectivity index (χ4v) is 5.08. The van der Waals surface area contributed by atoms with E-state index < -0.39 is 5.97 Å². The van der Waals surface area contributed by atoms with Crippen molar-refractivity contribution < 1.29 is 14.3 Å². The number of carbonyl (C=O) groups excluding carboxylic acids is 1. The maximum Gasteiger partial charge on any atom is 0.343 e. The predicted molar refractivity (Wildman–Crippen MR) is 137 cm³/mol. The average molecular weight is 472 g/mol. The molecule has 0 N–H and O–H groups in total. The maximum atomic E-state index is 13.0. The maximum absolute atomic E-state index is 13.0. The van der Waals surface area contributed by atoms with E-state index in [0.717, 1.165) is 41.8 Å². The molecule has 1 aliphatic carbocycles. The normalized spacial score (nSPS) is 18.7. The molecule has 1 aliphatic heterocycles. The first-order chi connectivity index (χ1) is 16.8. The number of esters is 1. The van der Waals surface area contributed by atoms with Crippen molar-refractivity contribution in [1.29, 1.82) is 0 Å². The lowest BCUT2D eigenvalue weighted by atomic mass is 9.76. The van der Waals surface area contributed by atoms with E-state index in [0.29, 0.717) is 12.5 Å². The van der Waals surface area contributed by atoms with Crippen molar-refractivity contribution in [3.8, 4) is 17.0 Å². The van der Waals surface area contributed by atoms with Crippen LogP contribution in [-0.4, -0.2) is 17.1 Å². The second kappa shape index (κ2) is 9.03. The van der Waals surface area contributed by atoms with Crippen molar-refractivity contribution in [3.05, 3.63) is 87.2 Å². The Bertz CT molecular complexity index is 1320. The summed E-state index contributed by atoms with van der Waals surface area (Å²) in [5, 5.41) is 0. The highest BCUT2D eigenvalue weighted by molar-refractivity contribution is 5.89. The van der Waals surface area contributed by atoms with Crippen LogP contribution < -0.4 is 10.2 Å². The molecule has 2 aliphatic rings. The molecular weight excluding hydrogens is 438 g/mol. The van der Waals surface area contributed by atoms with Crippen LogP contribution in [0.3, 0.4) is 0 Å². The summed E-state index contributed by atoms with van der Waals surface area (Å²) in [6, 6.07) is 16.3. The van der Waals surface area contributed by atoms with Crippen LogP contribution in [0.1, 0.15) is 73.5 Å². The van der Waals surface area contributed by atoms with Gasteiger partial charge < -0.3 is 14.0 Å². The average Bonchev–Trinajstić information content (AvgIpc) is 3.68. The molecule has 1 unspecified atom stereocenters. The Morgan fingerprint density at radius 2 is 1.89 bits per heavy atom. The molecule has 5 heteroatoms. The van der Waals surface area contributed by atoms with E-state index in [-0.39, 0.29) is 29.1 Å². The zero-order chi connectivity index (χ0) is 24.7. The first kappa shape index (κ1) is 23.4. The Labute approximate surface area is 206 Å². The first-order valence-corrected chi connectivity index (χ1v) is 12.6. The van der Waals surface area contributed by atoms with Gasteiger partial charge in [0, 0.05) is 23.4 Å². The summed E-state index contributed by atoms with van der Waals surface area (Å²) in [5.41, 5.74) is 4.93. The number of pyridine rings is 1. The molecule has 0 spiro atoms. The lowest BCUT2D eigenvalue weighted by Gasteiger charge is -2.43. The lowest BCUT2D eigenvalue weighted by Crippen LogP contribution is -2.42. The van der Waals surface area contributed by atoms with Crippen LogP contribution in [0.25, 0.3) is 11.3 Å². The summed E-state index contributed by atoms with van der Waals surface area (Å²) in [4.78, 5) is 25.5. The van der Waals surface area contributed by atoms with Gasteiger partial charge in [0.2, 0.25) is 0 Å². The van der Waals surface area contributed by atoms with Crippen LogP contribution in [0, 0.1) is 5.92 Å². The van der Waals surface area contributed by atoms with Gasteiger partial charge in [-0.2, -0.15) is 0 Å². The minimum Gasteiger partial charge on any atom is -0.489 e. The van der Waals surface area contributed by atoms with E-state index in [4.69, 9.17) is 9.47 Å². The molecule has 0 bridgehead atoms. The second-order valence-electron chi connectivity index (χ2n) is 10.3. The molecule has 5 nitrogen and oxygen atoms in total. The van der Waals surface area contributed by atoms with Gasteiger partial charge in [-0.05, 0) is 73.8 Å². The second-order valence-corrected chi connectivity index (χ2v) is 10.3. The summed E-state index contributed by atoms with van der Waals surface area (Å²) in [5.74, 6) is 1.14. The van der Waals surface area contributed by atoms with Gasteiger partial charge in [-0.15, -0.1) is 0 Å². The smallest absolute Gasteiger partial charge is 0.343 e. The predicted octanol–water partition coefficient (Wildman–Crippen LogP) is 6.08. The third kappa shape index (κ3) is 4.29. The summed E-state index contributed by atoms with van der Waals surface area (Å²) in [7, 11) is 0. The SMILES string of the molecule is CCOC(=O)c1cn2c(cc1=O)-c1cc(C3CC3)c(OCc3ccccc3)cc1CC2(C)C(C)C. The molecule has 1 fully saturated rings. The lowest BCUT2D eigenvalue weighted by molar-refractivity contribution is 0.0522. The molecule has 1 saturated carbocycles.